The number of carbonyl (C=O) groups is 1. The molecule has 0 radical (unpaired) electrons. The Morgan fingerprint density at radius 2 is 1.89 bits per heavy atom. The summed E-state index contributed by atoms with van der Waals surface area (Å²) >= 11 is 12.1. The van der Waals surface area contributed by atoms with Crippen LogP contribution in [0.2, 0.25) is 10.0 Å². The van der Waals surface area contributed by atoms with Crippen LogP contribution in [0.4, 0.5) is 0 Å². The van der Waals surface area contributed by atoms with Crippen molar-refractivity contribution in [2.75, 3.05) is 0 Å². The number of allylic oxidation sites excluding steroid dienone is 2. The van der Waals surface area contributed by atoms with Gasteiger partial charge in [0, 0.05) is 18.2 Å². The van der Waals surface area contributed by atoms with Gasteiger partial charge in [0.2, 0.25) is 0 Å². The molecular formula is C24H25Cl2NO. The predicted octanol–water partition coefficient (Wildman–Crippen LogP) is 6.40. The number of halogens is 2. The number of benzene rings is 2. The predicted molar refractivity (Wildman–Crippen MR) is 116 cm³/mol. The largest absolute Gasteiger partial charge is 0.310 e. The fourth-order valence-corrected chi connectivity index (χ4v) is 4.88. The van der Waals surface area contributed by atoms with E-state index in [0.717, 1.165) is 36.9 Å². The zero-order valence-corrected chi connectivity index (χ0v) is 17.4. The summed E-state index contributed by atoms with van der Waals surface area (Å²) in [5.74, 6) is 0.827. The number of rotatable bonds is 6. The van der Waals surface area contributed by atoms with Gasteiger partial charge in [-0.25, -0.2) is 0 Å². The molecule has 2 aliphatic carbocycles. The second-order valence-electron chi connectivity index (χ2n) is 7.97. The van der Waals surface area contributed by atoms with Crippen molar-refractivity contribution in [1.29, 1.82) is 0 Å². The Bertz CT molecular complexity index is 905. The number of ketones is 1. The lowest BCUT2D eigenvalue weighted by atomic mass is 9.86. The van der Waals surface area contributed by atoms with Crippen molar-refractivity contribution < 1.29 is 4.79 Å². The fourth-order valence-electron chi connectivity index (χ4n) is 4.55. The van der Waals surface area contributed by atoms with E-state index in [9.17, 15) is 4.79 Å². The lowest BCUT2D eigenvalue weighted by Crippen LogP contribution is -2.32. The van der Waals surface area contributed by atoms with Gasteiger partial charge in [-0.3, -0.25) is 4.79 Å². The molecule has 1 fully saturated rings. The molecule has 0 spiro atoms. The molecule has 28 heavy (non-hydrogen) atoms. The Morgan fingerprint density at radius 1 is 1.04 bits per heavy atom. The minimum Gasteiger partial charge on any atom is -0.310 e. The zero-order valence-electron chi connectivity index (χ0n) is 15.9. The molecule has 4 rings (SSSR count). The molecule has 0 aromatic heterocycles. The molecule has 1 saturated carbocycles. The van der Waals surface area contributed by atoms with E-state index in [1.807, 2.05) is 42.5 Å². The molecule has 0 aliphatic heterocycles. The first-order chi connectivity index (χ1) is 13.6. The first-order valence-corrected chi connectivity index (χ1v) is 10.8. The van der Waals surface area contributed by atoms with E-state index in [4.69, 9.17) is 23.2 Å². The monoisotopic (exact) mass is 413 g/mol. The molecule has 1 N–H and O–H groups in total. The summed E-state index contributed by atoms with van der Waals surface area (Å²) in [5.41, 5.74) is 4.48. The number of hydrogen-bond acceptors (Lipinski definition) is 2. The first-order valence-electron chi connectivity index (χ1n) is 10.1. The van der Waals surface area contributed by atoms with Gasteiger partial charge in [-0.15, -0.1) is 0 Å². The van der Waals surface area contributed by atoms with Crippen molar-refractivity contribution >= 4 is 29.0 Å². The van der Waals surface area contributed by atoms with Gasteiger partial charge in [0.15, 0.2) is 5.78 Å². The highest BCUT2D eigenvalue weighted by molar-refractivity contribution is 6.42. The summed E-state index contributed by atoms with van der Waals surface area (Å²) in [6.07, 6.45) is 8.68. The van der Waals surface area contributed by atoms with Crippen molar-refractivity contribution in [1.82, 2.24) is 5.32 Å². The Kier molecular flexibility index (Phi) is 6.20. The van der Waals surface area contributed by atoms with Crippen LogP contribution in [-0.2, 0) is 13.0 Å². The lowest BCUT2D eigenvalue weighted by Gasteiger charge is -2.23. The maximum absolute atomic E-state index is 12.4. The molecule has 2 aliphatic rings. The molecule has 4 heteroatoms. The van der Waals surface area contributed by atoms with Crippen molar-refractivity contribution in [2.45, 2.75) is 51.1 Å². The molecule has 0 heterocycles. The number of fused-ring (bicyclic) bond motifs is 1. The van der Waals surface area contributed by atoms with E-state index < -0.39 is 0 Å². The minimum atomic E-state index is 0.164. The second-order valence-corrected chi connectivity index (χ2v) is 8.78. The van der Waals surface area contributed by atoms with Crippen LogP contribution in [-0.4, -0.2) is 11.8 Å². The van der Waals surface area contributed by atoms with E-state index in [0.29, 0.717) is 22.0 Å². The van der Waals surface area contributed by atoms with E-state index in [1.165, 1.54) is 30.4 Å². The van der Waals surface area contributed by atoms with E-state index in [1.54, 1.807) is 0 Å². The van der Waals surface area contributed by atoms with Gasteiger partial charge in [0.25, 0.3) is 0 Å². The summed E-state index contributed by atoms with van der Waals surface area (Å²) in [7, 11) is 0. The van der Waals surface area contributed by atoms with Gasteiger partial charge < -0.3 is 5.32 Å². The molecular weight excluding hydrogens is 389 g/mol. The summed E-state index contributed by atoms with van der Waals surface area (Å²) in [6.45, 7) is 0.812. The second kappa shape index (κ2) is 8.82. The maximum Gasteiger partial charge on any atom is 0.186 e. The van der Waals surface area contributed by atoms with Gasteiger partial charge in [-0.1, -0.05) is 65.5 Å². The minimum absolute atomic E-state index is 0.164. The summed E-state index contributed by atoms with van der Waals surface area (Å²) in [6, 6.07) is 14.3. The normalized spacial score (nSPS) is 21.5. The lowest BCUT2D eigenvalue weighted by molar-refractivity contribution is 0.104. The van der Waals surface area contributed by atoms with Crippen LogP contribution < -0.4 is 5.32 Å². The van der Waals surface area contributed by atoms with Crippen molar-refractivity contribution in [3.63, 3.8) is 0 Å². The molecule has 2 aromatic rings. The van der Waals surface area contributed by atoms with Crippen LogP contribution >= 0.6 is 23.2 Å². The van der Waals surface area contributed by atoms with Crippen LogP contribution in [0.3, 0.4) is 0 Å². The Morgan fingerprint density at radius 3 is 2.75 bits per heavy atom. The summed E-state index contributed by atoms with van der Waals surface area (Å²) < 4.78 is 0. The SMILES string of the molecule is O=C1C=C(CC[C@@H]2CCC[C@@H]2NCc2ccc(Cl)c(Cl)c2)Cc2ccccc21. The highest BCUT2D eigenvalue weighted by Crippen LogP contribution is 2.33. The van der Waals surface area contributed by atoms with Gasteiger partial charge in [0.05, 0.1) is 10.0 Å². The Balaban J connectivity index is 1.32. The third kappa shape index (κ3) is 4.51. The fraction of sp³-hybridized carbons (Fsp3) is 0.375. The van der Waals surface area contributed by atoms with Crippen LogP contribution in [0.25, 0.3) is 0 Å². The zero-order chi connectivity index (χ0) is 19.5. The Labute approximate surface area is 176 Å². The molecule has 2 atom stereocenters. The Hall–Kier alpha value is -1.61. The molecule has 0 bridgehead atoms. The van der Waals surface area contributed by atoms with Crippen molar-refractivity contribution in [2.24, 2.45) is 5.92 Å². The number of nitrogens with one attached hydrogen (secondary N) is 1. The van der Waals surface area contributed by atoms with E-state index in [-0.39, 0.29) is 5.78 Å². The van der Waals surface area contributed by atoms with Crippen LogP contribution in [0.1, 0.15) is 53.6 Å². The highest BCUT2D eigenvalue weighted by Gasteiger charge is 2.27. The number of hydrogen-bond donors (Lipinski definition) is 1. The van der Waals surface area contributed by atoms with Crippen molar-refractivity contribution in [3.8, 4) is 0 Å². The standard InChI is InChI=1S/C24H25Cl2NO/c25-21-11-9-17(13-22(21)26)15-27-23-7-3-5-18(23)10-8-16-12-19-4-1-2-6-20(19)24(28)14-16/h1-2,4,6,9,11,13-14,18,23,27H,3,5,7-8,10,12,15H2/t18-,23-/m0/s1. The van der Waals surface area contributed by atoms with Crippen LogP contribution in [0, 0.1) is 5.92 Å². The van der Waals surface area contributed by atoms with Gasteiger partial charge in [-0.2, -0.15) is 0 Å². The first kappa shape index (κ1) is 19.7. The average molecular weight is 414 g/mol. The maximum atomic E-state index is 12.4. The third-order valence-corrected chi connectivity index (χ3v) is 6.82. The van der Waals surface area contributed by atoms with Crippen LogP contribution in [0.5, 0.6) is 0 Å². The smallest absolute Gasteiger partial charge is 0.186 e. The highest BCUT2D eigenvalue weighted by atomic mass is 35.5. The summed E-state index contributed by atoms with van der Waals surface area (Å²) in [4.78, 5) is 12.4. The quantitative estimate of drug-likeness (QED) is 0.593. The van der Waals surface area contributed by atoms with Gasteiger partial charge >= 0.3 is 0 Å². The van der Waals surface area contributed by atoms with Crippen molar-refractivity contribution in [3.05, 3.63) is 80.8 Å². The number of carbonyl (C=O) groups excluding carboxylic acids is 1. The molecule has 2 aromatic carbocycles. The summed E-state index contributed by atoms with van der Waals surface area (Å²) in [5, 5.41) is 4.93. The molecule has 146 valence electrons. The average Bonchev–Trinajstić information content (AvgIpc) is 3.15. The van der Waals surface area contributed by atoms with Gasteiger partial charge in [-0.05, 0) is 67.4 Å². The topological polar surface area (TPSA) is 29.1 Å². The molecule has 0 unspecified atom stereocenters. The van der Waals surface area contributed by atoms with Crippen LogP contribution in [0.15, 0.2) is 54.1 Å². The molecule has 0 amide bonds. The third-order valence-electron chi connectivity index (χ3n) is 6.08. The van der Waals surface area contributed by atoms with E-state index in [2.05, 4.69) is 11.4 Å². The van der Waals surface area contributed by atoms with Gasteiger partial charge in [0.1, 0.15) is 0 Å². The molecule has 2 nitrogen and oxygen atoms in total. The molecule has 0 saturated heterocycles. The van der Waals surface area contributed by atoms with E-state index >= 15 is 0 Å².